The molecule has 0 unspecified atom stereocenters. The van der Waals surface area contributed by atoms with Crippen LogP contribution in [0.2, 0.25) is 0 Å². The molecular formula is C34H30N6O3. The Kier molecular flexibility index (Phi) is 6.84. The number of aromatic nitrogens is 3. The Morgan fingerprint density at radius 2 is 1.42 bits per heavy atom. The van der Waals surface area contributed by atoms with E-state index in [1.54, 1.807) is 6.20 Å². The van der Waals surface area contributed by atoms with E-state index in [1.807, 2.05) is 102 Å². The van der Waals surface area contributed by atoms with Crippen LogP contribution < -0.4 is 15.5 Å². The number of rotatable bonds is 6. The van der Waals surface area contributed by atoms with Gasteiger partial charge in [-0.3, -0.25) is 9.59 Å². The van der Waals surface area contributed by atoms with Crippen molar-refractivity contribution in [1.82, 2.24) is 14.8 Å². The van der Waals surface area contributed by atoms with Crippen LogP contribution in [0.15, 0.2) is 103 Å². The minimum absolute atomic E-state index is 0.179. The molecule has 7 rings (SSSR count). The molecule has 0 radical (unpaired) electrons. The molecule has 1 aliphatic rings. The van der Waals surface area contributed by atoms with Crippen molar-refractivity contribution in [1.29, 1.82) is 0 Å². The summed E-state index contributed by atoms with van der Waals surface area (Å²) in [6, 6.07) is 28.3. The largest absolute Gasteiger partial charge is 0.393 e. The summed E-state index contributed by atoms with van der Waals surface area (Å²) >= 11 is 0. The van der Waals surface area contributed by atoms with Gasteiger partial charge in [0.2, 0.25) is 0 Å². The highest BCUT2D eigenvalue weighted by Crippen LogP contribution is 2.25. The van der Waals surface area contributed by atoms with Gasteiger partial charge >= 0.3 is 0 Å². The molecule has 0 spiro atoms. The number of nitrogens with zero attached hydrogens (tertiary/aromatic N) is 3. The van der Waals surface area contributed by atoms with Gasteiger partial charge in [-0.05, 0) is 103 Å². The number of benzene rings is 4. The fourth-order valence-corrected chi connectivity index (χ4v) is 5.55. The van der Waals surface area contributed by atoms with Crippen molar-refractivity contribution in [2.75, 3.05) is 28.6 Å². The van der Waals surface area contributed by atoms with Gasteiger partial charge in [0.15, 0.2) is 0 Å². The second-order valence-electron chi connectivity index (χ2n) is 10.8. The van der Waals surface area contributed by atoms with Crippen molar-refractivity contribution in [3.8, 4) is 5.69 Å². The number of piperidine rings is 1. The first-order valence-corrected chi connectivity index (χ1v) is 14.3. The second kappa shape index (κ2) is 11.1. The lowest BCUT2D eigenvalue weighted by molar-refractivity contribution is 0.101. The number of aliphatic hydroxyl groups excluding tert-OH is 1. The van der Waals surface area contributed by atoms with E-state index in [2.05, 4.69) is 25.6 Å². The third-order valence-electron chi connectivity index (χ3n) is 7.97. The molecule has 43 heavy (non-hydrogen) atoms. The van der Waals surface area contributed by atoms with Crippen LogP contribution in [-0.4, -0.2) is 50.9 Å². The lowest BCUT2D eigenvalue weighted by Crippen LogP contribution is -2.35. The molecular weight excluding hydrogens is 540 g/mol. The number of aromatic amines is 1. The summed E-state index contributed by atoms with van der Waals surface area (Å²) in [7, 11) is 0. The number of hydrogen-bond donors (Lipinski definition) is 4. The Hall–Kier alpha value is -5.41. The van der Waals surface area contributed by atoms with Crippen molar-refractivity contribution < 1.29 is 14.7 Å². The van der Waals surface area contributed by atoms with Crippen LogP contribution >= 0.6 is 0 Å². The van der Waals surface area contributed by atoms with Crippen LogP contribution in [0, 0.1) is 0 Å². The average Bonchev–Trinajstić information content (AvgIpc) is 3.68. The SMILES string of the molecule is O=C(Nc1ccc2c(cnn2-c2ccc(NC(=O)c3ccc4cc[nH]c4c3)cc2)c1)c1ccc(N2CCC(O)CC2)cc1. The van der Waals surface area contributed by atoms with Crippen molar-refractivity contribution in [3.05, 3.63) is 115 Å². The maximum absolute atomic E-state index is 12.9. The maximum atomic E-state index is 12.9. The van der Waals surface area contributed by atoms with E-state index in [4.69, 9.17) is 0 Å². The molecule has 4 N–H and O–H groups in total. The zero-order valence-corrected chi connectivity index (χ0v) is 23.3. The maximum Gasteiger partial charge on any atom is 0.255 e. The average molecular weight is 571 g/mol. The molecule has 2 amide bonds. The predicted molar refractivity (Wildman–Crippen MR) is 169 cm³/mol. The number of carbonyl (C=O) groups excluding carboxylic acids is 2. The molecule has 0 bridgehead atoms. The van der Waals surface area contributed by atoms with Crippen LogP contribution in [0.1, 0.15) is 33.6 Å². The van der Waals surface area contributed by atoms with Gasteiger partial charge in [-0.2, -0.15) is 5.10 Å². The normalized spacial score (nSPS) is 13.8. The molecule has 0 saturated carbocycles. The van der Waals surface area contributed by atoms with Crippen LogP contribution in [0.3, 0.4) is 0 Å². The van der Waals surface area contributed by atoms with Gasteiger partial charge in [0.1, 0.15) is 0 Å². The predicted octanol–water partition coefficient (Wildman–Crippen LogP) is 5.97. The summed E-state index contributed by atoms with van der Waals surface area (Å²) in [4.78, 5) is 31.1. The van der Waals surface area contributed by atoms with Gasteiger partial charge in [0.05, 0.1) is 23.5 Å². The zero-order chi connectivity index (χ0) is 29.3. The molecule has 4 aromatic carbocycles. The van der Waals surface area contributed by atoms with E-state index in [0.717, 1.165) is 59.1 Å². The van der Waals surface area contributed by atoms with Crippen LogP contribution in [0.25, 0.3) is 27.5 Å². The van der Waals surface area contributed by atoms with E-state index in [9.17, 15) is 14.7 Å². The summed E-state index contributed by atoms with van der Waals surface area (Å²) in [6.07, 6.45) is 4.92. The Bertz CT molecular complexity index is 1930. The first kappa shape index (κ1) is 26.5. The van der Waals surface area contributed by atoms with E-state index in [1.165, 1.54) is 0 Å². The molecule has 3 heterocycles. The molecule has 214 valence electrons. The van der Waals surface area contributed by atoms with E-state index >= 15 is 0 Å². The number of anilines is 3. The summed E-state index contributed by atoms with van der Waals surface area (Å²) in [6.45, 7) is 1.63. The topological polar surface area (TPSA) is 115 Å². The molecule has 0 atom stereocenters. The van der Waals surface area contributed by atoms with Gasteiger partial charge < -0.3 is 25.6 Å². The minimum atomic E-state index is -0.220. The van der Waals surface area contributed by atoms with Crippen molar-refractivity contribution >= 4 is 50.7 Å². The first-order valence-electron chi connectivity index (χ1n) is 14.3. The Labute approximate surface area is 247 Å². The van der Waals surface area contributed by atoms with Crippen LogP contribution in [0.5, 0.6) is 0 Å². The molecule has 9 nitrogen and oxygen atoms in total. The molecule has 9 heteroatoms. The highest BCUT2D eigenvalue weighted by molar-refractivity contribution is 6.06. The molecule has 6 aromatic rings. The van der Waals surface area contributed by atoms with Crippen molar-refractivity contribution in [3.63, 3.8) is 0 Å². The number of nitrogens with one attached hydrogen (secondary N) is 3. The second-order valence-corrected chi connectivity index (χ2v) is 10.8. The molecule has 2 aromatic heterocycles. The quantitative estimate of drug-likeness (QED) is 0.197. The molecule has 1 aliphatic heterocycles. The van der Waals surface area contributed by atoms with Crippen LogP contribution in [0.4, 0.5) is 17.1 Å². The Morgan fingerprint density at radius 3 is 2.21 bits per heavy atom. The van der Waals surface area contributed by atoms with E-state index < -0.39 is 0 Å². The van der Waals surface area contributed by atoms with E-state index in [0.29, 0.717) is 22.5 Å². The third-order valence-corrected chi connectivity index (χ3v) is 7.97. The van der Waals surface area contributed by atoms with Gasteiger partial charge in [-0.15, -0.1) is 0 Å². The van der Waals surface area contributed by atoms with Crippen molar-refractivity contribution in [2.45, 2.75) is 18.9 Å². The van der Waals surface area contributed by atoms with E-state index in [-0.39, 0.29) is 17.9 Å². The summed E-state index contributed by atoms with van der Waals surface area (Å²) in [5, 5.41) is 22.2. The fourth-order valence-electron chi connectivity index (χ4n) is 5.55. The number of H-pyrrole nitrogens is 1. The lowest BCUT2D eigenvalue weighted by Gasteiger charge is -2.31. The summed E-state index contributed by atoms with van der Waals surface area (Å²) < 4.78 is 1.82. The minimum Gasteiger partial charge on any atom is -0.393 e. The van der Waals surface area contributed by atoms with Gasteiger partial charge in [-0.25, -0.2) is 4.68 Å². The van der Waals surface area contributed by atoms with Gasteiger partial charge in [0.25, 0.3) is 11.8 Å². The number of hydrogen-bond acceptors (Lipinski definition) is 5. The highest BCUT2D eigenvalue weighted by Gasteiger charge is 2.18. The fraction of sp³-hybridized carbons (Fsp3) is 0.147. The summed E-state index contributed by atoms with van der Waals surface area (Å²) in [5.74, 6) is -0.361. The smallest absolute Gasteiger partial charge is 0.255 e. The molecule has 1 fully saturated rings. The van der Waals surface area contributed by atoms with Gasteiger partial charge in [0, 0.05) is 58.4 Å². The molecule has 1 saturated heterocycles. The number of carbonyl (C=O) groups is 2. The first-order chi connectivity index (χ1) is 21.0. The number of fused-ring (bicyclic) bond motifs is 2. The number of aliphatic hydroxyl groups is 1. The summed E-state index contributed by atoms with van der Waals surface area (Å²) in [5.41, 5.74) is 6.24. The zero-order valence-electron chi connectivity index (χ0n) is 23.3. The van der Waals surface area contributed by atoms with Gasteiger partial charge in [-0.1, -0.05) is 6.07 Å². The highest BCUT2D eigenvalue weighted by atomic mass is 16.3. The third kappa shape index (κ3) is 5.45. The Morgan fingerprint density at radius 1 is 0.744 bits per heavy atom. The Balaban J connectivity index is 1.01. The lowest BCUT2D eigenvalue weighted by atomic mass is 10.1. The van der Waals surface area contributed by atoms with Crippen LogP contribution in [-0.2, 0) is 0 Å². The van der Waals surface area contributed by atoms with Crippen molar-refractivity contribution in [2.24, 2.45) is 0 Å². The number of amides is 2. The molecule has 0 aliphatic carbocycles. The monoisotopic (exact) mass is 570 g/mol. The standard InChI is InChI=1S/C34H30N6O3/c41-30-14-17-39(18-15-30)28-8-3-23(4-9-28)33(42)38-27-7-12-32-25(19-27)21-36-40(32)29-10-5-26(6-11-29)37-34(43)24-2-1-22-13-16-35-31(22)20-24/h1-13,16,19-21,30,35,41H,14-15,17-18H2,(H,37,43)(H,38,42).